The zero-order chi connectivity index (χ0) is 27.9. The smallest absolute Gasteiger partial charge is 0.272 e. The van der Waals surface area contributed by atoms with Crippen LogP contribution in [0.2, 0.25) is 0 Å². The number of carbonyl (C=O) groups is 1. The van der Waals surface area contributed by atoms with Crippen LogP contribution < -0.4 is 15.0 Å². The Morgan fingerprint density at radius 2 is 1.90 bits per heavy atom. The number of quaternary nitrogens is 1. The van der Waals surface area contributed by atoms with Gasteiger partial charge >= 0.3 is 0 Å². The van der Waals surface area contributed by atoms with Crippen molar-refractivity contribution in [2.45, 2.75) is 35.0 Å². The first-order valence-electron chi connectivity index (χ1n) is 13.3. The van der Waals surface area contributed by atoms with Gasteiger partial charge in [-0.2, -0.15) is 0 Å². The maximum atomic E-state index is 12.7. The number of rotatable bonds is 10. The van der Waals surface area contributed by atoms with E-state index in [9.17, 15) is 10.0 Å². The molecule has 0 spiro atoms. The number of hydrogen-bond acceptors (Lipinski definition) is 5. The van der Waals surface area contributed by atoms with E-state index in [4.69, 9.17) is 44.3 Å². The van der Waals surface area contributed by atoms with E-state index in [0.717, 1.165) is 36.3 Å². The van der Waals surface area contributed by atoms with Gasteiger partial charge in [0, 0.05) is 25.3 Å². The SMILES string of the molecule is CN(CC1=CC(Cc2ccccc2)(NC(=O)C(Cl)(Cl)Cl)CCC1)c1cccc(OCC[N+]2([O-])CCOCC2)c1. The molecule has 2 aromatic carbocycles. The molecule has 1 aliphatic heterocycles. The molecule has 0 bridgehead atoms. The molecule has 4 rings (SSSR count). The third kappa shape index (κ3) is 8.74. The van der Waals surface area contributed by atoms with Crippen molar-refractivity contribution in [1.29, 1.82) is 0 Å². The molecule has 0 radical (unpaired) electrons. The van der Waals surface area contributed by atoms with Gasteiger partial charge in [-0.25, -0.2) is 0 Å². The lowest BCUT2D eigenvalue weighted by Gasteiger charge is -2.44. The largest absolute Gasteiger partial charge is 0.633 e. The summed E-state index contributed by atoms with van der Waals surface area (Å²) in [6, 6.07) is 17.9. The maximum absolute atomic E-state index is 12.7. The van der Waals surface area contributed by atoms with Crippen molar-refractivity contribution in [3.8, 4) is 5.75 Å². The normalized spacial score (nSPS) is 21.1. The Labute approximate surface area is 245 Å². The highest BCUT2D eigenvalue weighted by Crippen LogP contribution is 2.34. The number of morpholine rings is 1. The van der Waals surface area contributed by atoms with E-state index >= 15 is 0 Å². The van der Waals surface area contributed by atoms with E-state index in [1.54, 1.807) is 0 Å². The summed E-state index contributed by atoms with van der Waals surface area (Å²) in [6.07, 6.45) is 5.30. The molecule has 1 unspecified atom stereocenters. The van der Waals surface area contributed by atoms with Crippen LogP contribution in [0.25, 0.3) is 0 Å². The van der Waals surface area contributed by atoms with Crippen LogP contribution in [0.5, 0.6) is 5.75 Å². The van der Waals surface area contributed by atoms with E-state index in [0.29, 0.717) is 52.4 Å². The Kier molecular flexibility index (Phi) is 10.1. The molecule has 1 atom stereocenters. The van der Waals surface area contributed by atoms with E-state index in [1.807, 2.05) is 61.6 Å². The van der Waals surface area contributed by atoms with Crippen LogP contribution in [0.3, 0.4) is 0 Å². The van der Waals surface area contributed by atoms with E-state index in [2.05, 4.69) is 16.3 Å². The molecule has 1 N–H and O–H groups in total. The molecule has 212 valence electrons. The number of ether oxygens (including phenoxy) is 2. The topological polar surface area (TPSA) is 73.9 Å². The second-order valence-electron chi connectivity index (χ2n) is 10.5. The fourth-order valence-electron chi connectivity index (χ4n) is 5.27. The van der Waals surface area contributed by atoms with Crippen LogP contribution in [0.15, 0.2) is 66.2 Å². The quantitative estimate of drug-likeness (QED) is 0.172. The van der Waals surface area contributed by atoms with Gasteiger partial charge in [-0.05, 0) is 43.4 Å². The summed E-state index contributed by atoms with van der Waals surface area (Å²) in [5, 5.41) is 15.8. The first-order valence-corrected chi connectivity index (χ1v) is 14.4. The Morgan fingerprint density at radius 3 is 2.62 bits per heavy atom. The van der Waals surface area contributed by atoms with Crippen LogP contribution >= 0.6 is 34.8 Å². The first-order chi connectivity index (χ1) is 18.6. The van der Waals surface area contributed by atoms with Crippen molar-refractivity contribution in [1.82, 2.24) is 5.32 Å². The standard InChI is InChI=1S/C29H36Cl3N3O4/c1-34(25-10-5-11-26(19-25)39-18-15-35(37)13-16-38-17-14-35)22-24-9-6-12-28(21-24,33-27(36)29(30,31)32)20-23-7-3-2-4-8-23/h2-5,7-8,10-11,19,21H,6,9,12-18,20,22H2,1H3,(H,33,36). The van der Waals surface area contributed by atoms with Crippen molar-refractivity contribution in [3.05, 3.63) is 77.0 Å². The van der Waals surface area contributed by atoms with Gasteiger partial charge in [-0.15, -0.1) is 0 Å². The fraction of sp³-hybridized carbons (Fsp3) is 0.483. The molecule has 0 saturated carbocycles. The molecule has 2 aliphatic rings. The summed E-state index contributed by atoms with van der Waals surface area (Å²) >= 11 is 17.8. The van der Waals surface area contributed by atoms with Gasteiger partial charge < -0.3 is 29.5 Å². The van der Waals surface area contributed by atoms with Crippen LogP contribution in [-0.4, -0.2) is 72.9 Å². The number of hydroxylamine groups is 3. The van der Waals surface area contributed by atoms with Gasteiger partial charge in [0.15, 0.2) is 0 Å². The van der Waals surface area contributed by atoms with Gasteiger partial charge in [0.05, 0.1) is 18.8 Å². The average Bonchev–Trinajstić information content (AvgIpc) is 2.89. The summed E-state index contributed by atoms with van der Waals surface area (Å²) in [4.78, 5) is 14.9. The lowest BCUT2D eigenvalue weighted by Crippen LogP contribution is -2.53. The Balaban J connectivity index is 1.44. The average molecular weight is 597 g/mol. The molecular weight excluding hydrogens is 561 g/mol. The summed E-state index contributed by atoms with van der Waals surface area (Å²) in [5.41, 5.74) is 2.63. The van der Waals surface area contributed by atoms with Gasteiger partial charge in [-0.3, -0.25) is 4.79 Å². The minimum atomic E-state index is -2.04. The number of likely N-dealkylation sites (N-methyl/N-ethyl adjacent to an activating group) is 1. The fourth-order valence-corrected chi connectivity index (χ4v) is 5.41. The monoisotopic (exact) mass is 595 g/mol. The van der Waals surface area contributed by atoms with Crippen LogP contribution in [0, 0.1) is 5.21 Å². The lowest BCUT2D eigenvalue weighted by molar-refractivity contribution is -0.888. The summed E-state index contributed by atoms with van der Waals surface area (Å²) in [6.45, 7) is 3.36. The zero-order valence-electron chi connectivity index (χ0n) is 22.2. The van der Waals surface area contributed by atoms with E-state index in [-0.39, 0.29) is 4.65 Å². The number of anilines is 1. The molecule has 1 saturated heterocycles. The Morgan fingerprint density at radius 1 is 1.15 bits per heavy atom. The molecule has 1 heterocycles. The summed E-state index contributed by atoms with van der Waals surface area (Å²) in [5.74, 6) is 0.101. The molecular formula is C29H36Cl3N3O4. The zero-order valence-corrected chi connectivity index (χ0v) is 24.5. The molecule has 1 amide bonds. The number of amides is 1. The van der Waals surface area contributed by atoms with Crippen LogP contribution in [-0.2, 0) is 16.0 Å². The van der Waals surface area contributed by atoms with Crippen molar-refractivity contribution in [3.63, 3.8) is 0 Å². The summed E-state index contributed by atoms with van der Waals surface area (Å²) in [7, 11) is 2.03. The van der Waals surface area contributed by atoms with E-state index in [1.165, 1.54) is 5.57 Å². The number of hydrogen-bond donors (Lipinski definition) is 1. The number of carbonyl (C=O) groups excluding carboxylic acids is 1. The van der Waals surface area contributed by atoms with Crippen molar-refractivity contribution < 1.29 is 18.9 Å². The third-order valence-corrected chi connectivity index (χ3v) is 7.85. The number of benzene rings is 2. The van der Waals surface area contributed by atoms with Gasteiger partial charge in [0.25, 0.3) is 9.70 Å². The van der Waals surface area contributed by atoms with Crippen molar-refractivity contribution >= 4 is 46.4 Å². The molecule has 2 aromatic rings. The second-order valence-corrected chi connectivity index (χ2v) is 12.8. The van der Waals surface area contributed by atoms with Crippen LogP contribution in [0.1, 0.15) is 24.8 Å². The summed E-state index contributed by atoms with van der Waals surface area (Å²) < 4.78 is 8.94. The highest BCUT2D eigenvalue weighted by atomic mass is 35.6. The molecule has 10 heteroatoms. The van der Waals surface area contributed by atoms with Crippen molar-refractivity contribution in [2.24, 2.45) is 0 Å². The number of alkyl halides is 3. The predicted molar refractivity (Wildman–Crippen MR) is 157 cm³/mol. The lowest BCUT2D eigenvalue weighted by atomic mass is 9.79. The van der Waals surface area contributed by atoms with Gasteiger partial charge in [0.2, 0.25) is 0 Å². The third-order valence-electron chi connectivity index (χ3n) is 7.34. The number of nitrogens with one attached hydrogen (secondary N) is 1. The highest BCUT2D eigenvalue weighted by molar-refractivity contribution is 6.76. The predicted octanol–water partition coefficient (Wildman–Crippen LogP) is 5.42. The highest BCUT2D eigenvalue weighted by Gasteiger charge is 2.39. The first kappa shape index (κ1) is 30.0. The number of halogens is 3. The molecule has 7 nitrogen and oxygen atoms in total. The molecule has 1 aliphatic carbocycles. The second kappa shape index (κ2) is 13.1. The van der Waals surface area contributed by atoms with E-state index < -0.39 is 15.2 Å². The minimum absolute atomic E-state index is 0.271. The van der Waals surface area contributed by atoms with Gasteiger partial charge in [-0.1, -0.05) is 82.9 Å². The molecule has 39 heavy (non-hydrogen) atoms. The molecule has 0 aromatic heterocycles. The Bertz CT molecular complexity index is 1140. The van der Waals surface area contributed by atoms with Crippen LogP contribution in [0.4, 0.5) is 5.69 Å². The van der Waals surface area contributed by atoms with Gasteiger partial charge in [0.1, 0.15) is 32.0 Å². The van der Waals surface area contributed by atoms with Crippen molar-refractivity contribution in [2.75, 3.05) is 57.9 Å². The maximum Gasteiger partial charge on any atom is 0.272 e. The molecule has 1 fully saturated rings. The minimum Gasteiger partial charge on any atom is -0.633 e. The number of nitrogens with zero attached hydrogens (tertiary/aromatic N) is 2. The Hall–Kier alpha value is -2.00.